The first-order valence-corrected chi connectivity index (χ1v) is 16.7. The number of hydrazine groups is 1. The van der Waals surface area contributed by atoms with Crippen LogP contribution < -0.4 is 16.2 Å². The van der Waals surface area contributed by atoms with Crippen LogP contribution in [0.4, 0.5) is 5.00 Å². The van der Waals surface area contributed by atoms with E-state index in [1.54, 1.807) is 4.31 Å². The SMILES string of the molecule is CC(=O)NNC(=O)c1c(NC(=O)c2ccc(S(=O)(=O)N3CC4(C)CC3CC(C)(C)C4)cc2)sc2c1CCN(C(C)C)C2. The molecule has 0 radical (unpaired) electrons. The first-order chi connectivity index (χ1) is 19.6. The molecule has 1 aromatic carbocycles. The second kappa shape index (κ2) is 11.0. The Hall–Kier alpha value is -2.80. The van der Waals surface area contributed by atoms with Crippen molar-refractivity contribution in [3.63, 3.8) is 0 Å². The smallest absolute Gasteiger partial charge is 0.272 e. The number of carbonyl (C=O) groups excluding carboxylic acids is 3. The fourth-order valence-corrected chi connectivity index (χ4v) is 10.2. The number of carbonyl (C=O) groups is 3. The second-order valence-corrected chi connectivity index (χ2v) is 16.4. The molecule has 2 unspecified atom stereocenters. The van der Waals surface area contributed by atoms with Gasteiger partial charge in [-0.05, 0) is 80.2 Å². The number of hydrogen-bond acceptors (Lipinski definition) is 7. The molecular weight excluding hydrogens is 574 g/mol. The van der Waals surface area contributed by atoms with Gasteiger partial charge in [0.1, 0.15) is 5.00 Å². The Balaban J connectivity index is 1.36. The van der Waals surface area contributed by atoms with Gasteiger partial charge in [-0.15, -0.1) is 11.3 Å². The van der Waals surface area contributed by atoms with Crippen LogP contribution in [0.2, 0.25) is 0 Å². The number of anilines is 1. The highest BCUT2D eigenvalue weighted by molar-refractivity contribution is 7.89. The summed E-state index contributed by atoms with van der Waals surface area (Å²) in [6, 6.07) is 6.32. The van der Waals surface area contributed by atoms with Gasteiger partial charge in [0.15, 0.2) is 0 Å². The van der Waals surface area contributed by atoms with Crippen LogP contribution in [0.1, 0.15) is 92.0 Å². The molecule has 228 valence electrons. The van der Waals surface area contributed by atoms with Crippen molar-refractivity contribution in [3.05, 3.63) is 45.8 Å². The molecule has 12 heteroatoms. The van der Waals surface area contributed by atoms with Crippen LogP contribution in [-0.2, 0) is 27.8 Å². The van der Waals surface area contributed by atoms with Crippen molar-refractivity contribution in [2.24, 2.45) is 10.8 Å². The lowest BCUT2D eigenvalue weighted by Crippen LogP contribution is -2.41. The van der Waals surface area contributed by atoms with Crippen LogP contribution in [0.25, 0.3) is 0 Å². The molecule has 1 aliphatic carbocycles. The fourth-order valence-electron chi connectivity index (χ4n) is 7.18. The standard InChI is InChI=1S/C30H41N5O5S2/c1-18(2)34-12-11-23-24(15-34)41-28(25(23)27(38)33-32-19(3)36)31-26(37)20-7-9-22(10-8-20)42(39,40)35-17-30(6)14-21(35)13-29(4,5)16-30/h7-10,18,21H,11-17H2,1-6H3,(H,31,37)(H,32,36)(H,33,38). The molecule has 10 nitrogen and oxygen atoms in total. The van der Waals surface area contributed by atoms with E-state index in [0.29, 0.717) is 36.1 Å². The molecule has 1 saturated carbocycles. The number of amides is 3. The summed E-state index contributed by atoms with van der Waals surface area (Å²) in [6.07, 6.45) is 3.34. The topological polar surface area (TPSA) is 128 Å². The number of nitrogens with zero attached hydrogens (tertiary/aromatic N) is 2. The number of hydrogen-bond donors (Lipinski definition) is 3. The van der Waals surface area contributed by atoms with E-state index in [-0.39, 0.29) is 27.3 Å². The summed E-state index contributed by atoms with van der Waals surface area (Å²) in [5.41, 5.74) is 6.31. The minimum absolute atomic E-state index is 0.0229. The van der Waals surface area contributed by atoms with Crippen molar-refractivity contribution in [3.8, 4) is 0 Å². The largest absolute Gasteiger partial charge is 0.313 e. The Morgan fingerprint density at radius 3 is 2.36 bits per heavy atom. The lowest BCUT2D eigenvalue weighted by molar-refractivity contribution is -0.119. The van der Waals surface area contributed by atoms with E-state index in [1.807, 2.05) is 0 Å². The maximum Gasteiger partial charge on any atom is 0.272 e. The number of thiophene rings is 1. The van der Waals surface area contributed by atoms with Gasteiger partial charge < -0.3 is 5.32 Å². The summed E-state index contributed by atoms with van der Waals surface area (Å²) in [5, 5.41) is 3.28. The zero-order chi connectivity index (χ0) is 30.6. The molecule has 2 fully saturated rings. The van der Waals surface area contributed by atoms with Gasteiger partial charge in [0.05, 0.1) is 10.5 Å². The summed E-state index contributed by atoms with van der Waals surface area (Å²) in [7, 11) is -3.72. The van der Waals surface area contributed by atoms with Crippen molar-refractivity contribution in [1.82, 2.24) is 20.1 Å². The van der Waals surface area contributed by atoms with Gasteiger partial charge in [-0.25, -0.2) is 8.42 Å². The van der Waals surface area contributed by atoms with Crippen molar-refractivity contribution in [2.75, 3.05) is 18.4 Å². The Kier molecular flexibility index (Phi) is 8.06. The first-order valence-electron chi connectivity index (χ1n) is 14.5. The maximum atomic E-state index is 13.7. The lowest BCUT2D eigenvalue weighted by atomic mass is 9.65. The van der Waals surface area contributed by atoms with E-state index >= 15 is 0 Å². The quantitative estimate of drug-likeness (QED) is 0.420. The molecule has 1 saturated heterocycles. The van der Waals surface area contributed by atoms with Crippen LogP contribution in [0, 0.1) is 10.8 Å². The molecule has 2 bridgehead atoms. The van der Waals surface area contributed by atoms with Gasteiger partial charge in [0.2, 0.25) is 15.9 Å². The highest BCUT2D eigenvalue weighted by atomic mass is 32.2. The molecule has 2 aromatic rings. The van der Waals surface area contributed by atoms with Crippen LogP contribution in [-0.4, -0.2) is 60.5 Å². The van der Waals surface area contributed by atoms with Gasteiger partial charge in [-0.1, -0.05) is 20.8 Å². The van der Waals surface area contributed by atoms with Gasteiger partial charge >= 0.3 is 0 Å². The highest BCUT2D eigenvalue weighted by Gasteiger charge is 2.53. The third-order valence-corrected chi connectivity index (χ3v) is 11.8. The Labute approximate surface area is 252 Å². The van der Waals surface area contributed by atoms with E-state index in [2.05, 4.69) is 55.7 Å². The van der Waals surface area contributed by atoms with Gasteiger partial charge in [-0.3, -0.25) is 30.1 Å². The fraction of sp³-hybridized carbons (Fsp3) is 0.567. The van der Waals surface area contributed by atoms with Crippen molar-refractivity contribution in [2.45, 2.75) is 90.7 Å². The normalized spacial score (nSPS) is 23.8. The Morgan fingerprint density at radius 2 is 1.71 bits per heavy atom. The minimum Gasteiger partial charge on any atom is -0.313 e. The molecule has 2 atom stereocenters. The zero-order valence-corrected chi connectivity index (χ0v) is 26.8. The monoisotopic (exact) mass is 615 g/mol. The average Bonchev–Trinajstić information content (AvgIpc) is 3.39. The molecule has 2 aliphatic heterocycles. The summed E-state index contributed by atoms with van der Waals surface area (Å²) >= 11 is 1.35. The van der Waals surface area contributed by atoms with Crippen LogP contribution >= 0.6 is 11.3 Å². The Bertz CT molecular complexity index is 1510. The molecule has 3 amide bonds. The van der Waals surface area contributed by atoms with Gasteiger partial charge in [-0.2, -0.15) is 4.31 Å². The van der Waals surface area contributed by atoms with Crippen LogP contribution in [0.5, 0.6) is 0 Å². The van der Waals surface area contributed by atoms with E-state index in [4.69, 9.17) is 0 Å². The van der Waals surface area contributed by atoms with Crippen LogP contribution in [0.3, 0.4) is 0 Å². The first kappa shape index (κ1) is 30.7. The predicted molar refractivity (Wildman–Crippen MR) is 163 cm³/mol. The molecule has 0 spiro atoms. The number of benzene rings is 1. The number of nitrogens with one attached hydrogen (secondary N) is 3. The number of rotatable bonds is 6. The van der Waals surface area contributed by atoms with Gasteiger partial charge in [0, 0.05) is 49.1 Å². The molecule has 3 heterocycles. The van der Waals surface area contributed by atoms with E-state index in [1.165, 1.54) is 42.5 Å². The lowest BCUT2D eigenvalue weighted by Gasteiger charge is -2.39. The van der Waals surface area contributed by atoms with Crippen LogP contribution in [0.15, 0.2) is 29.2 Å². The second-order valence-electron chi connectivity index (χ2n) is 13.4. The summed E-state index contributed by atoms with van der Waals surface area (Å²) in [4.78, 5) is 41.3. The average molecular weight is 616 g/mol. The van der Waals surface area contributed by atoms with E-state index in [9.17, 15) is 22.8 Å². The van der Waals surface area contributed by atoms with Crippen molar-refractivity contribution >= 4 is 44.1 Å². The van der Waals surface area contributed by atoms with Gasteiger partial charge in [0.25, 0.3) is 11.8 Å². The number of fused-ring (bicyclic) bond motifs is 3. The number of sulfonamides is 1. The van der Waals surface area contributed by atoms with Crippen molar-refractivity contribution in [1.29, 1.82) is 0 Å². The van der Waals surface area contributed by atoms with Crippen molar-refractivity contribution < 1.29 is 22.8 Å². The third-order valence-electron chi connectivity index (χ3n) is 8.71. The third kappa shape index (κ3) is 5.99. The molecular formula is C30H41N5O5S2. The van der Waals surface area contributed by atoms with E-state index in [0.717, 1.165) is 36.2 Å². The Morgan fingerprint density at radius 1 is 1.02 bits per heavy atom. The molecule has 42 heavy (non-hydrogen) atoms. The van der Waals surface area contributed by atoms with E-state index < -0.39 is 27.7 Å². The molecule has 1 aromatic heterocycles. The summed E-state index contributed by atoms with van der Waals surface area (Å²) in [5.74, 6) is -1.35. The highest BCUT2D eigenvalue weighted by Crippen LogP contribution is 2.53. The maximum absolute atomic E-state index is 13.7. The summed E-state index contributed by atoms with van der Waals surface area (Å²) < 4.78 is 29.0. The summed E-state index contributed by atoms with van der Waals surface area (Å²) in [6.45, 7) is 14.1. The molecule has 5 rings (SSSR count). The molecule has 3 aliphatic rings. The zero-order valence-electron chi connectivity index (χ0n) is 25.2. The molecule has 3 N–H and O–H groups in total. The minimum atomic E-state index is -3.72. The predicted octanol–water partition coefficient (Wildman–Crippen LogP) is 4.14.